The summed E-state index contributed by atoms with van der Waals surface area (Å²) < 4.78 is 10.4. The SMILES string of the molecule is c1ccc2c(c1)sc1cc(-c3ccc4c(c3)sc3cc(-n5c6ccccc6c6cc(-c7ccc8sc9ccccc9c8c7)ccc65)ccc34)ccc12. The summed E-state index contributed by atoms with van der Waals surface area (Å²) in [6, 6.07) is 61.2. The fraction of sp³-hybridized carbons (Fsp3) is 0. The average Bonchev–Trinajstić information content (AvgIpc) is 3.95. The van der Waals surface area contributed by atoms with Gasteiger partial charge >= 0.3 is 0 Å². The molecule has 0 radical (unpaired) electrons. The van der Waals surface area contributed by atoms with E-state index in [2.05, 4.69) is 168 Å². The molecule has 4 aromatic heterocycles. The summed E-state index contributed by atoms with van der Waals surface area (Å²) >= 11 is 5.64. The van der Waals surface area contributed by atoms with Gasteiger partial charge in [-0.15, -0.1) is 34.0 Å². The molecule has 0 aliphatic rings. The van der Waals surface area contributed by atoms with Gasteiger partial charge in [0.1, 0.15) is 0 Å². The minimum atomic E-state index is 1.19. The van der Waals surface area contributed by atoms with Crippen LogP contribution in [0.25, 0.3) is 110 Å². The second-order valence-corrected chi connectivity index (χ2v) is 16.9. The molecule has 0 atom stereocenters. The first-order chi connectivity index (χ1) is 25.7. The largest absolute Gasteiger partial charge is 0.309 e. The molecular weight excluding hydrogens is 687 g/mol. The highest BCUT2D eigenvalue weighted by Crippen LogP contribution is 2.42. The van der Waals surface area contributed by atoms with Crippen LogP contribution in [0, 0.1) is 0 Å². The normalized spacial score (nSPS) is 12.2. The van der Waals surface area contributed by atoms with Crippen molar-refractivity contribution in [2.24, 2.45) is 0 Å². The Morgan fingerprint density at radius 2 is 0.712 bits per heavy atom. The van der Waals surface area contributed by atoms with Crippen molar-refractivity contribution < 1.29 is 0 Å². The second kappa shape index (κ2) is 10.9. The van der Waals surface area contributed by atoms with Gasteiger partial charge in [0.05, 0.1) is 11.0 Å². The van der Waals surface area contributed by atoms with E-state index in [1.165, 1.54) is 110 Å². The van der Waals surface area contributed by atoms with Crippen LogP contribution in [0.15, 0.2) is 164 Å². The van der Waals surface area contributed by atoms with E-state index in [0.29, 0.717) is 0 Å². The van der Waals surface area contributed by atoms with Crippen molar-refractivity contribution in [1.29, 1.82) is 0 Å². The molecule has 12 rings (SSSR count). The number of hydrogen-bond donors (Lipinski definition) is 0. The van der Waals surface area contributed by atoms with Crippen LogP contribution in [0.2, 0.25) is 0 Å². The van der Waals surface area contributed by atoms with Crippen LogP contribution in [-0.2, 0) is 0 Å². The van der Waals surface area contributed by atoms with Gasteiger partial charge in [0.25, 0.3) is 0 Å². The molecule has 52 heavy (non-hydrogen) atoms. The van der Waals surface area contributed by atoms with E-state index in [-0.39, 0.29) is 0 Å². The van der Waals surface area contributed by atoms with Crippen molar-refractivity contribution in [3.8, 4) is 27.9 Å². The Hall–Kier alpha value is -5.78. The van der Waals surface area contributed by atoms with Gasteiger partial charge in [-0.05, 0) is 89.0 Å². The van der Waals surface area contributed by atoms with Gasteiger partial charge < -0.3 is 4.57 Å². The third-order valence-electron chi connectivity index (χ3n) is 10.8. The maximum absolute atomic E-state index is 2.44. The van der Waals surface area contributed by atoms with Crippen molar-refractivity contribution >= 4 is 116 Å². The molecule has 0 aliphatic heterocycles. The Balaban J connectivity index is 0.970. The zero-order valence-electron chi connectivity index (χ0n) is 27.8. The second-order valence-electron chi connectivity index (χ2n) is 13.7. The zero-order valence-corrected chi connectivity index (χ0v) is 30.2. The van der Waals surface area contributed by atoms with Gasteiger partial charge in [0.15, 0.2) is 0 Å². The van der Waals surface area contributed by atoms with E-state index in [9.17, 15) is 0 Å². The molecule has 12 aromatic rings. The van der Waals surface area contributed by atoms with Crippen LogP contribution in [0.3, 0.4) is 0 Å². The van der Waals surface area contributed by atoms with Gasteiger partial charge in [-0.25, -0.2) is 0 Å². The molecule has 4 heterocycles. The molecule has 0 saturated carbocycles. The summed E-state index contributed by atoms with van der Waals surface area (Å²) in [6.45, 7) is 0. The highest BCUT2D eigenvalue weighted by molar-refractivity contribution is 7.26. The van der Waals surface area contributed by atoms with E-state index in [4.69, 9.17) is 0 Å². The van der Waals surface area contributed by atoms with Gasteiger partial charge in [0, 0.05) is 77.0 Å². The number of para-hydroxylation sites is 1. The molecule has 0 aliphatic carbocycles. The van der Waals surface area contributed by atoms with Crippen LogP contribution < -0.4 is 0 Å². The van der Waals surface area contributed by atoms with Crippen LogP contribution in [-0.4, -0.2) is 4.57 Å². The first-order valence-corrected chi connectivity index (χ1v) is 20.0. The fourth-order valence-electron chi connectivity index (χ4n) is 8.33. The quantitative estimate of drug-likeness (QED) is 0.172. The number of nitrogens with zero attached hydrogens (tertiary/aromatic N) is 1. The third-order valence-corrected chi connectivity index (χ3v) is 14.2. The van der Waals surface area contributed by atoms with E-state index in [1.807, 2.05) is 34.0 Å². The highest BCUT2D eigenvalue weighted by atomic mass is 32.1. The molecule has 0 N–H and O–H groups in total. The first kappa shape index (κ1) is 28.9. The van der Waals surface area contributed by atoms with Crippen LogP contribution >= 0.6 is 34.0 Å². The number of rotatable bonds is 3. The molecule has 242 valence electrons. The Morgan fingerprint density at radius 1 is 0.269 bits per heavy atom. The maximum Gasteiger partial charge on any atom is 0.0541 e. The number of aromatic nitrogens is 1. The van der Waals surface area contributed by atoms with Crippen molar-refractivity contribution in [2.75, 3.05) is 0 Å². The molecule has 0 spiro atoms. The van der Waals surface area contributed by atoms with Crippen molar-refractivity contribution in [2.45, 2.75) is 0 Å². The number of benzene rings is 8. The van der Waals surface area contributed by atoms with Crippen LogP contribution in [0.4, 0.5) is 0 Å². The maximum atomic E-state index is 2.44. The minimum absolute atomic E-state index is 1.19. The lowest BCUT2D eigenvalue weighted by atomic mass is 10.0. The van der Waals surface area contributed by atoms with Crippen LogP contribution in [0.5, 0.6) is 0 Å². The first-order valence-electron chi connectivity index (χ1n) is 17.6. The molecule has 0 bridgehead atoms. The fourth-order valence-corrected chi connectivity index (χ4v) is 11.7. The summed E-state index contributed by atoms with van der Waals surface area (Å²) in [4.78, 5) is 0. The average molecular weight is 714 g/mol. The molecule has 0 unspecified atom stereocenters. The van der Waals surface area contributed by atoms with Crippen LogP contribution in [0.1, 0.15) is 0 Å². The summed E-state index contributed by atoms with van der Waals surface area (Å²) in [5, 5.41) is 10.5. The molecule has 8 aromatic carbocycles. The zero-order chi connectivity index (χ0) is 33.9. The van der Waals surface area contributed by atoms with Crippen molar-refractivity contribution in [1.82, 2.24) is 4.57 Å². The third kappa shape index (κ3) is 4.20. The summed E-state index contributed by atoms with van der Waals surface area (Å²) in [6.07, 6.45) is 0. The Labute approximate surface area is 310 Å². The lowest BCUT2D eigenvalue weighted by Crippen LogP contribution is -1.93. The predicted molar refractivity (Wildman–Crippen MR) is 230 cm³/mol. The number of fused-ring (bicyclic) bond motifs is 12. The lowest BCUT2D eigenvalue weighted by molar-refractivity contribution is 1.19. The molecular formula is C48H27NS3. The molecule has 0 fully saturated rings. The summed E-state index contributed by atoms with van der Waals surface area (Å²) in [5.41, 5.74) is 8.69. The smallest absolute Gasteiger partial charge is 0.0541 e. The number of hydrogen-bond acceptors (Lipinski definition) is 3. The number of thiophene rings is 3. The van der Waals surface area contributed by atoms with Gasteiger partial charge in [0.2, 0.25) is 0 Å². The molecule has 0 amide bonds. The minimum Gasteiger partial charge on any atom is -0.309 e. The molecule has 0 saturated heterocycles. The Morgan fingerprint density at radius 3 is 1.44 bits per heavy atom. The lowest BCUT2D eigenvalue weighted by Gasteiger charge is -2.09. The summed E-state index contributed by atoms with van der Waals surface area (Å²) in [5.74, 6) is 0. The van der Waals surface area contributed by atoms with Gasteiger partial charge in [-0.3, -0.25) is 0 Å². The van der Waals surface area contributed by atoms with Crippen molar-refractivity contribution in [3.63, 3.8) is 0 Å². The van der Waals surface area contributed by atoms with Gasteiger partial charge in [-0.2, -0.15) is 0 Å². The monoisotopic (exact) mass is 713 g/mol. The predicted octanol–water partition coefficient (Wildman–Crippen LogP) is 15.2. The van der Waals surface area contributed by atoms with E-state index in [0.717, 1.165) is 0 Å². The van der Waals surface area contributed by atoms with E-state index < -0.39 is 0 Å². The highest BCUT2D eigenvalue weighted by Gasteiger charge is 2.16. The van der Waals surface area contributed by atoms with Crippen molar-refractivity contribution in [3.05, 3.63) is 164 Å². The molecule has 4 heteroatoms. The standard InChI is InChI=1S/C48H27NS3/c1-4-10-41-33(7-1)39-23-28(29-16-22-45-40(24-29)35-9-3-6-12-44(35)50-45)15-21-42(39)49(41)32-17-20-38-37-19-14-31(26-47(37)52-48(38)27-32)30-13-18-36-34-8-2-5-11-43(34)51-46(36)25-30/h1-27H. The summed E-state index contributed by atoms with van der Waals surface area (Å²) in [7, 11) is 0. The van der Waals surface area contributed by atoms with Gasteiger partial charge in [-0.1, -0.05) is 97.1 Å². The Kier molecular flexibility index (Phi) is 6.03. The Bertz CT molecular complexity index is 3420. The topological polar surface area (TPSA) is 4.93 Å². The van der Waals surface area contributed by atoms with E-state index >= 15 is 0 Å². The molecule has 1 nitrogen and oxygen atoms in total. The van der Waals surface area contributed by atoms with E-state index in [1.54, 1.807) is 0 Å².